The minimum absolute atomic E-state index is 0.0125. The van der Waals surface area contributed by atoms with Crippen LogP contribution >= 0.6 is 23.4 Å². The summed E-state index contributed by atoms with van der Waals surface area (Å²) in [5.74, 6) is -0.426. The van der Waals surface area contributed by atoms with Crippen LogP contribution in [0.2, 0.25) is 5.02 Å². The second-order valence-electron chi connectivity index (χ2n) is 7.48. The van der Waals surface area contributed by atoms with E-state index in [1.807, 2.05) is 0 Å². The predicted octanol–water partition coefficient (Wildman–Crippen LogP) is 5.65. The summed E-state index contributed by atoms with van der Waals surface area (Å²) in [6, 6.07) is 19.9. The Morgan fingerprint density at radius 1 is 1.18 bits per heavy atom. The number of rotatable bonds is 6. The summed E-state index contributed by atoms with van der Waals surface area (Å²) >= 11 is 7.29. The van der Waals surface area contributed by atoms with Crippen molar-refractivity contribution in [2.24, 2.45) is 4.99 Å². The molecule has 9 heteroatoms. The zero-order valence-electron chi connectivity index (χ0n) is 18.2. The zero-order chi connectivity index (χ0) is 24.1. The van der Waals surface area contributed by atoms with Crippen LogP contribution in [0.3, 0.4) is 0 Å². The van der Waals surface area contributed by atoms with Crippen LogP contribution in [-0.2, 0) is 16.1 Å². The van der Waals surface area contributed by atoms with Crippen LogP contribution in [0.4, 0.5) is 15.8 Å². The number of amidine groups is 1. The highest BCUT2D eigenvalue weighted by atomic mass is 35.5. The largest absolute Gasteiger partial charge is 0.495 e. The summed E-state index contributed by atoms with van der Waals surface area (Å²) in [6.07, 6.45) is -0.0125. The van der Waals surface area contributed by atoms with Crippen LogP contribution in [-0.4, -0.2) is 34.2 Å². The van der Waals surface area contributed by atoms with Crippen molar-refractivity contribution in [3.63, 3.8) is 0 Å². The molecule has 0 aliphatic carbocycles. The van der Waals surface area contributed by atoms with Crippen LogP contribution in [0.5, 0.6) is 5.75 Å². The number of carbonyl (C=O) groups is 2. The molecule has 1 unspecified atom stereocenters. The minimum atomic E-state index is -0.695. The number of carbonyl (C=O) groups excluding carboxylic acids is 2. The van der Waals surface area contributed by atoms with Crippen LogP contribution in [0, 0.1) is 5.82 Å². The van der Waals surface area contributed by atoms with E-state index in [2.05, 4.69) is 10.3 Å². The van der Waals surface area contributed by atoms with E-state index in [1.54, 1.807) is 60.7 Å². The van der Waals surface area contributed by atoms with E-state index in [0.717, 1.165) is 5.56 Å². The number of aliphatic imine (C=N–C) groups is 1. The second-order valence-corrected chi connectivity index (χ2v) is 9.09. The average Bonchev–Trinajstić information content (AvgIpc) is 2.82. The molecule has 1 N–H and O–H groups in total. The van der Waals surface area contributed by atoms with Gasteiger partial charge >= 0.3 is 0 Å². The van der Waals surface area contributed by atoms with Gasteiger partial charge in [-0.3, -0.25) is 14.5 Å². The standard InChI is InChI=1S/C25H21ClFN3O3S/c1-33-21-8-3-2-7-20(21)29-24(32)22-14-23(31)30(15-16-9-11-18(27)12-10-16)25(34-22)28-19-6-4-5-17(26)13-19/h2-13,22H,14-15H2,1H3,(H,29,32). The number of para-hydroxylation sites is 2. The molecule has 3 aromatic rings. The van der Waals surface area contributed by atoms with Gasteiger partial charge in [-0.25, -0.2) is 9.38 Å². The lowest BCUT2D eigenvalue weighted by atomic mass is 10.2. The predicted molar refractivity (Wildman–Crippen MR) is 133 cm³/mol. The summed E-state index contributed by atoms with van der Waals surface area (Å²) < 4.78 is 18.6. The molecule has 34 heavy (non-hydrogen) atoms. The molecule has 0 saturated carbocycles. The van der Waals surface area contributed by atoms with E-state index in [-0.39, 0.29) is 30.6 Å². The number of amides is 2. The van der Waals surface area contributed by atoms with Gasteiger partial charge in [0.25, 0.3) is 0 Å². The molecule has 1 heterocycles. The Kier molecular flexibility index (Phi) is 7.49. The number of nitrogens with one attached hydrogen (secondary N) is 1. The van der Waals surface area contributed by atoms with Gasteiger partial charge in [-0.15, -0.1) is 0 Å². The number of nitrogens with zero attached hydrogens (tertiary/aromatic N) is 2. The van der Waals surface area contributed by atoms with Gasteiger partial charge < -0.3 is 10.1 Å². The Bertz CT molecular complexity index is 1240. The Hall–Kier alpha value is -3.36. The van der Waals surface area contributed by atoms with Crippen molar-refractivity contribution in [2.75, 3.05) is 12.4 Å². The molecule has 6 nitrogen and oxygen atoms in total. The maximum absolute atomic E-state index is 13.3. The van der Waals surface area contributed by atoms with Gasteiger partial charge in [-0.05, 0) is 48.0 Å². The molecule has 1 atom stereocenters. The first-order valence-electron chi connectivity index (χ1n) is 10.4. The van der Waals surface area contributed by atoms with E-state index in [1.165, 1.54) is 35.9 Å². The Morgan fingerprint density at radius 3 is 2.68 bits per heavy atom. The number of thioether (sulfide) groups is 1. The van der Waals surface area contributed by atoms with Crippen molar-refractivity contribution < 1.29 is 18.7 Å². The molecule has 1 aliphatic rings. The highest BCUT2D eigenvalue weighted by Crippen LogP contribution is 2.32. The molecule has 174 valence electrons. The van der Waals surface area contributed by atoms with Crippen molar-refractivity contribution >= 4 is 51.7 Å². The first-order chi connectivity index (χ1) is 16.4. The Morgan fingerprint density at radius 2 is 1.94 bits per heavy atom. The molecule has 2 amide bonds. The van der Waals surface area contributed by atoms with Gasteiger partial charge in [-0.1, -0.05) is 53.7 Å². The van der Waals surface area contributed by atoms with E-state index in [4.69, 9.17) is 16.3 Å². The molecule has 0 bridgehead atoms. The molecule has 1 saturated heterocycles. The smallest absolute Gasteiger partial charge is 0.238 e. The van der Waals surface area contributed by atoms with Gasteiger partial charge in [0.2, 0.25) is 11.8 Å². The number of ether oxygens (including phenoxy) is 1. The van der Waals surface area contributed by atoms with E-state index in [9.17, 15) is 14.0 Å². The summed E-state index contributed by atoms with van der Waals surface area (Å²) in [6.45, 7) is 0.201. The first kappa shape index (κ1) is 23.8. The van der Waals surface area contributed by atoms with Crippen molar-refractivity contribution in [2.45, 2.75) is 18.2 Å². The molecular weight excluding hydrogens is 477 g/mol. The summed E-state index contributed by atoms with van der Waals surface area (Å²) in [5.41, 5.74) is 1.81. The third kappa shape index (κ3) is 5.76. The zero-order valence-corrected chi connectivity index (χ0v) is 19.8. The third-order valence-corrected chi connectivity index (χ3v) is 6.51. The van der Waals surface area contributed by atoms with Crippen molar-refractivity contribution in [3.05, 3.63) is 89.2 Å². The third-order valence-electron chi connectivity index (χ3n) is 5.08. The maximum atomic E-state index is 13.3. The summed E-state index contributed by atoms with van der Waals surface area (Å²) in [7, 11) is 1.52. The average molecular weight is 498 g/mol. The van der Waals surface area contributed by atoms with Crippen LogP contribution < -0.4 is 10.1 Å². The number of methoxy groups -OCH3 is 1. The maximum Gasteiger partial charge on any atom is 0.238 e. The monoisotopic (exact) mass is 497 g/mol. The Labute approximate surface area is 205 Å². The number of hydrogen-bond acceptors (Lipinski definition) is 5. The normalized spacial score (nSPS) is 17.0. The van der Waals surface area contributed by atoms with Crippen LogP contribution in [0.15, 0.2) is 77.8 Å². The summed E-state index contributed by atoms with van der Waals surface area (Å²) in [4.78, 5) is 32.3. The number of anilines is 1. The fourth-order valence-corrected chi connectivity index (χ4v) is 4.67. The number of halogens is 2. The molecule has 0 spiro atoms. The number of hydrogen-bond donors (Lipinski definition) is 1. The SMILES string of the molecule is COc1ccccc1NC(=O)C1CC(=O)N(Cc2ccc(F)cc2)C(=Nc2cccc(Cl)c2)S1. The quantitative estimate of drug-likeness (QED) is 0.478. The van der Waals surface area contributed by atoms with E-state index in [0.29, 0.717) is 27.3 Å². The topological polar surface area (TPSA) is 71.0 Å². The van der Waals surface area contributed by atoms with Crippen LogP contribution in [0.1, 0.15) is 12.0 Å². The highest BCUT2D eigenvalue weighted by molar-refractivity contribution is 8.15. The molecule has 0 radical (unpaired) electrons. The van der Waals surface area contributed by atoms with Gasteiger partial charge in [0.05, 0.1) is 25.0 Å². The lowest BCUT2D eigenvalue weighted by Gasteiger charge is -2.32. The van der Waals surface area contributed by atoms with E-state index >= 15 is 0 Å². The van der Waals surface area contributed by atoms with Gasteiger partial charge in [0, 0.05) is 11.4 Å². The summed E-state index contributed by atoms with van der Waals surface area (Å²) in [5, 5.41) is 3.02. The molecule has 3 aromatic carbocycles. The molecule has 4 rings (SSSR count). The minimum Gasteiger partial charge on any atom is -0.495 e. The Balaban J connectivity index is 1.61. The van der Waals surface area contributed by atoms with Crippen molar-refractivity contribution in [1.82, 2.24) is 4.90 Å². The number of benzene rings is 3. The second kappa shape index (κ2) is 10.7. The van der Waals surface area contributed by atoms with Crippen molar-refractivity contribution in [3.8, 4) is 5.75 Å². The molecule has 1 fully saturated rings. The van der Waals surface area contributed by atoms with Gasteiger partial charge in [-0.2, -0.15) is 0 Å². The highest BCUT2D eigenvalue weighted by Gasteiger charge is 2.36. The van der Waals surface area contributed by atoms with Crippen LogP contribution in [0.25, 0.3) is 0 Å². The van der Waals surface area contributed by atoms with E-state index < -0.39 is 5.25 Å². The lowest BCUT2D eigenvalue weighted by Crippen LogP contribution is -2.44. The van der Waals surface area contributed by atoms with Crippen molar-refractivity contribution in [1.29, 1.82) is 0 Å². The molecule has 1 aliphatic heterocycles. The molecular formula is C25H21ClFN3O3S. The fraction of sp³-hybridized carbons (Fsp3) is 0.160. The molecule has 0 aromatic heterocycles. The first-order valence-corrected chi connectivity index (χ1v) is 11.7. The van der Waals surface area contributed by atoms with Gasteiger partial charge in [0.15, 0.2) is 5.17 Å². The lowest BCUT2D eigenvalue weighted by molar-refractivity contribution is -0.129. The van der Waals surface area contributed by atoms with Gasteiger partial charge in [0.1, 0.15) is 16.8 Å². The fourth-order valence-electron chi connectivity index (χ4n) is 3.39.